The fourth-order valence-electron chi connectivity index (χ4n) is 3.32. The normalized spacial score (nSPS) is 24.5. The molecule has 0 aromatic heterocycles. The Labute approximate surface area is 124 Å². The smallest absolute Gasteiger partial charge is 0.331 e. The average molecular weight is 285 g/mol. The van der Waals surface area contributed by atoms with Crippen molar-refractivity contribution < 1.29 is 14.7 Å². The van der Waals surface area contributed by atoms with Gasteiger partial charge in [-0.05, 0) is 36.8 Å². The molecule has 0 saturated carbocycles. The van der Waals surface area contributed by atoms with Gasteiger partial charge in [-0.3, -0.25) is 4.79 Å². The standard InChI is InChI=1S/C17H19NO3/c19-16(13-7-2-1-3-8-13)18-11-10-12-6-4-5-9-14(12)15(18)17(20)21/h1-2,4-6,9,13,15H,3,7-8,10-11H2,(H,20,21). The summed E-state index contributed by atoms with van der Waals surface area (Å²) in [7, 11) is 0. The van der Waals surface area contributed by atoms with Crippen molar-refractivity contribution in [2.45, 2.75) is 31.7 Å². The first-order chi connectivity index (χ1) is 10.2. The molecule has 0 bridgehead atoms. The number of carboxylic acids is 1. The predicted molar refractivity (Wildman–Crippen MR) is 78.7 cm³/mol. The molecule has 110 valence electrons. The van der Waals surface area contributed by atoms with Crippen LogP contribution in [0.5, 0.6) is 0 Å². The molecule has 1 N–H and O–H groups in total. The van der Waals surface area contributed by atoms with Crippen molar-refractivity contribution in [2.24, 2.45) is 5.92 Å². The number of hydrogen-bond donors (Lipinski definition) is 1. The maximum atomic E-state index is 12.7. The molecule has 1 heterocycles. The van der Waals surface area contributed by atoms with E-state index in [1.807, 2.05) is 30.3 Å². The summed E-state index contributed by atoms with van der Waals surface area (Å²) in [6.07, 6.45) is 7.29. The molecule has 1 aromatic carbocycles. The van der Waals surface area contributed by atoms with Crippen LogP contribution in [0, 0.1) is 5.92 Å². The molecule has 1 aliphatic heterocycles. The maximum absolute atomic E-state index is 12.7. The number of carbonyl (C=O) groups is 2. The van der Waals surface area contributed by atoms with Crippen molar-refractivity contribution in [3.8, 4) is 0 Å². The summed E-state index contributed by atoms with van der Waals surface area (Å²) in [6, 6.07) is 6.70. The Hall–Kier alpha value is -2.10. The third-order valence-corrected chi connectivity index (χ3v) is 4.42. The van der Waals surface area contributed by atoms with E-state index in [0.29, 0.717) is 6.54 Å². The van der Waals surface area contributed by atoms with Gasteiger partial charge >= 0.3 is 5.97 Å². The zero-order valence-electron chi connectivity index (χ0n) is 11.9. The molecule has 0 fully saturated rings. The monoisotopic (exact) mass is 285 g/mol. The van der Waals surface area contributed by atoms with Gasteiger partial charge in [0.15, 0.2) is 6.04 Å². The summed E-state index contributed by atoms with van der Waals surface area (Å²) >= 11 is 0. The molecule has 21 heavy (non-hydrogen) atoms. The van der Waals surface area contributed by atoms with Gasteiger partial charge < -0.3 is 10.0 Å². The third-order valence-electron chi connectivity index (χ3n) is 4.42. The van der Waals surface area contributed by atoms with Crippen molar-refractivity contribution in [3.63, 3.8) is 0 Å². The number of aliphatic carboxylic acids is 1. The van der Waals surface area contributed by atoms with Crippen molar-refractivity contribution in [3.05, 3.63) is 47.5 Å². The van der Waals surface area contributed by atoms with Crippen LogP contribution in [0.1, 0.15) is 36.4 Å². The number of amides is 1. The van der Waals surface area contributed by atoms with E-state index in [9.17, 15) is 14.7 Å². The number of carbonyl (C=O) groups excluding carboxylic acids is 1. The summed E-state index contributed by atoms with van der Waals surface area (Å²) in [5, 5.41) is 9.59. The van der Waals surface area contributed by atoms with E-state index in [4.69, 9.17) is 0 Å². The fraction of sp³-hybridized carbons (Fsp3) is 0.412. The van der Waals surface area contributed by atoms with E-state index in [0.717, 1.165) is 36.8 Å². The second kappa shape index (κ2) is 5.72. The van der Waals surface area contributed by atoms with Crippen LogP contribution in [0.15, 0.2) is 36.4 Å². The lowest BCUT2D eigenvalue weighted by Crippen LogP contribution is -2.46. The zero-order chi connectivity index (χ0) is 14.8. The Morgan fingerprint density at radius 2 is 2.00 bits per heavy atom. The summed E-state index contributed by atoms with van der Waals surface area (Å²) in [5.41, 5.74) is 1.80. The minimum Gasteiger partial charge on any atom is -0.479 e. The fourth-order valence-corrected chi connectivity index (χ4v) is 3.32. The minimum absolute atomic E-state index is 0.0127. The van der Waals surface area contributed by atoms with Crippen LogP contribution in [0.3, 0.4) is 0 Å². The molecule has 0 saturated heterocycles. The van der Waals surface area contributed by atoms with Gasteiger partial charge in [0.1, 0.15) is 0 Å². The van der Waals surface area contributed by atoms with Crippen LogP contribution in [-0.4, -0.2) is 28.4 Å². The highest BCUT2D eigenvalue weighted by molar-refractivity contribution is 5.87. The Balaban J connectivity index is 1.90. The van der Waals surface area contributed by atoms with E-state index < -0.39 is 12.0 Å². The lowest BCUT2D eigenvalue weighted by molar-refractivity contribution is -0.153. The van der Waals surface area contributed by atoms with Crippen molar-refractivity contribution in [1.82, 2.24) is 4.90 Å². The first kappa shape index (κ1) is 13.9. The number of carboxylic acid groups (broad SMARTS) is 1. The number of nitrogens with zero attached hydrogens (tertiary/aromatic N) is 1. The van der Waals surface area contributed by atoms with Crippen molar-refractivity contribution in [2.75, 3.05) is 6.54 Å². The first-order valence-corrected chi connectivity index (χ1v) is 7.44. The lowest BCUT2D eigenvalue weighted by atomic mass is 9.88. The molecule has 1 amide bonds. The molecule has 2 aliphatic rings. The molecule has 2 atom stereocenters. The molecule has 2 unspecified atom stereocenters. The van der Waals surface area contributed by atoms with Crippen LogP contribution < -0.4 is 0 Å². The van der Waals surface area contributed by atoms with Crippen molar-refractivity contribution in [1.29, 1.82) is 0 Å². The van der Waals surface area contributed by atoms with Crippen LogP contribution in [0.25, 0.3) is 0 Å². The first-order valence-electron chi connectivity index (χ1n) is 7.44. The number of hydrogen-bond acceptors (Lipinski definition) is 2. The lowest BCUT2D eigenvalue weighted by Gasteiger charge is -2.37. The number of benzene rings is 1. The highest BCUT2D eigenvalue weighted by atomic mass is 16.4. The molecular weight excluding hydrogens is 266 g/mol. The summed E-state index contributed by atoms with van der Waals surface area (Å²) < 4.78 is 0. The zero-order valence-corrected chi connectivity index (χ0v) is 11.9. The molecule has 0 spiro atoms. The second-order valence-electron chi connectivity index (χ2n) is 5.70. The summed E-state index contributed by atoms with van der Waals surface area (Å²) in [4.78, 5) is 26.0. The van der Waals surface area contributed by atoms with Crippen molar-refractivity contribution >= 4 is 11.9 Å². The van der Waals surface area contributed by atoms with Gasteiger partial charge in [-0.2, -0.15) is 0 Å². The molecule has 3 rings (SSSR count). The minimum atomic E-state index is -0.943. The van der Waals surface area contributed by atoms with Crippen LogP contribution in [-0.2, 0) is 16.0 Å². The van der Waals surface area contributed by atoms with Gasteiger partial charge in [0.25, 0.3) is 0 Å². The Morgan fingerprint density at radius 1 is 1.19 bits per heavy atom. The molecule has 4 nitrogen and oxygen atoms in total. The predicted octanol–water partition coefficient (Wildman–Crippen LogP) is 2.55. The average Bonchev–Trinajstić information content (AvgIpc) is 2.53. The van der Waals surface area contributed by atoms with E-state index in [1.54, 1.807) is 4.90 Å². The van der Waals surface area contributed by atoms with Gasteiger partial charge in [-0.25, -0.2) is 4.79 Å². The van der Waals surface area contributed by atoms with E-state index in [1.165, 1.54) is 0 Å². The Bertz CT molecular complexity index is 593. The largest absolute Gasteiger partial charge is 0.479 e. The Kier molecular flexibility index (Phi) is 3.78. The van der Waals surface area contributed by atoms with Crippen LogP contribution >= 0.6 is 0 Å². The van der Waals surface area contributed by atoms with E-state index in [-0.39, 0.29) is 11.8 Å². The molecule has 0 radical (unpaired) electrons. The SMILES string of the molecule is O=C(O)C1c2ccccc2CCN1C(=O)C1CC=CCC1. The number of rotatable bonds is 2. The number of fused-ring (bicyclic) bond motifs is 1. The van der Waals surface area contributed by atoms with Gasteiger partial charge in [0.05, 0.1) is 0 Å². The summed E-state index contributed by atoms with van der Waals surface area (Å²) in [5.74, 6) is -1.02. The number of allylic oxidation sites excluding steroid dienone is 2. The quantitative estimate of drug-likeness (QED) is 0.850. The Morgan fingerprint density at radius 3 is 2.71 bits per heavy atom. The van der Waals surface area contributed by atoms with E-state index >= 15 is 0 Å². The molecule has 4 heteroatoms. The van der Waals surface area contributed by atoms with E-state index in [2.05, 4.69) is 6.08 Å². The molecular formula is C17H19NO3. The van der Waals surface area contributed by atoms with Gasteiger partial charge in [0, 0.05) is 12.5 Å². The highest BCUT2D eigenvalue weighted by Crippen LogP contribution is 2.32. The molecule has 1 aliphatic carbocycles. The van der Waals surface area contributed by atoms with Gasteiger partial charge in [0.2, 0.25) is 5.91 Å². The van der Waals surface area contributed by atoms with Gasteiger partial charge in [-0.15, -0.1) is 0 Å². The summed E-state index contributed by atoms with van der Waals surface area (Å²) in [6.45, 7) is 0.493. The van der Waals surface area contributed by atoms with Crippen LogP contribution in [0.2, 0.25) is 0 Å². The second-order valence-corrected chi connectivity index (χ2v) is 5.70. The highest BCUT2D eigenvalue weighted by Gasteiger charge is 2.38. The van der Waals surface area contributed by atoms with Gasteiger partial charge in [-0.1, -0.05) is 36.4 Å². The molecule has 1 aromatic rings. The topological polar surface area (TPSA) is 57.6 Å². The van der Waals surface area contributed by atoms with Crippen LogP contribution in [0.4, 0.5) is 0 Å². The third kappa shape index (κ3) is 2.58. The maximum Gasteiger partial charge on any atom is 0.331 e.